The van der Waals surface area contributed by atoms with E-state index in [1.54, 1.807) is 6.92 Å². The molecule has 0 spiro atoms. The molecule has 1 fully saturated rings. The van der Waals surface area contributed by atoms with Gasteiger partial charge in [-0.3, -0.25) is 14.7 Å². The minimum absolute atomic E-state index is 0.317. The summed E-state index contributed by atoms with van der Waals surface area (Å²) in [6, 6.07) is 7.96. The highest BCUT2D eigenvalue weighted by Crippen LogP contribution is 2.42. The number of imide groups is 1. The number of urea groups is 1. The minimum atomic E-state index is -0.479. The van der Waals surface area contributed by atoms with Gasteiger partial charge in [-0.15, -0.1) is 10.2 Å². The van der Waals surface area contributed by atoms with E-state index in [4.69, 9.17) is 0 Å². The molecule has 30 heavy (non-hydrogen) atoms. The van der Waals surface area contributed by atoms with Crippen molar-refractivity contribution in [2.45, 2.75) is 50.1 Å². The first-order chi connectivity index (χ1) is 14.4. The summed E-state index contributed by atoms with van der Waals surface area (Å²) >= 11 is 1.32. The number of rotatable bonds is 7. The fourth-order valence-electron chi connectivity index (χ4n) is 3.23. The number of para-hydroxylation sites is 1. The normalized spacial score (nSPS) is 14.8. The van der Waals surface area contributed by atoms with Crippen molar-refractivity contribution in [1.29, 1.82) is 0 Å². The molecule has 0 aliphatic heterocycles. The molecule has 0 radical (unpaired) electrons. The van der Waals surface area contributed by atoms with E-state index in [1.165, 1.54) is 11.8 Å². The third kappa shape index (κ3) is 4.35. The average Bonchev–Trinajstić information content (AvgIpc) is 3.33. The molecule has 1 unspecified atom stereocenters. The zero-order chi connectivity index (χ0) is 21.3. The number of H-pyrrole nitrogens is 1. The number of hydrogen-bond acceptors (Lipinski definition) is 5. The maximum Gasteiger partial charge on any atom is 0.321 e. The van der Waals surface area contributed by atoms with E-state index in [-0.39, 0.29) is 5.91 Å². The summed E-state index contributed by atoms with van der Waals surface area (Å²) in [6.07, 6.45) is 4.09. The van der Waals surface area contributed by atoms with Gasteiger partial charge in [0.15, 0.2) is 11.0 Å². The Morgan fingerprint density at radius 2 is 2.00 bits per heavy atom. The molecule has 0 saturated heterocycles. The van der Waals surface area contributed by atoms with Crippen molar-refractivity contribution < 1.29 is 9.59 Å². The highest BCUT2D eigenvalue weighted by Gasteiger charge is 2.32. The second-order valence-electron chi connectivity index (χ2n) is 8.01. The molecule has 1 saturated carbocycles. The van der Waals surface area contributed by atoms with Gasteiger partial charge in [0.05, 0.1) is 5.25 Å². The molecule has 1 aliphatic rings. The number of carbonyl (C=O) groups excluding carboxylic acids is 2. The SMILES string of the molecule is CC(C)CNC(=O)NC(=O)C(C)Sc1nnc(-c2c[nH]c3ccccc23)n1C1CC1. The minimum Gasteiger partial charge on any atom is -0.360 e. The fourth-order valence-corrected chi connectivity index (χ4v) is 4.14. The monoisotopic (exact) mass is 426 g/mol. The van der Waals surface area contributed by atoms with Gasteiger partial charge >= 0.3 is 6.03 Å². The van der Waals surface area contributed by atoms with Crippen LogP contribution in [0.25, 0.3) is 22.3 Å². The molecule has 8 nitrogen and oxygen atoms in total. The maximum absolute atomic E-state index is 12.5. The quantitative estimate of drug-likeness (QED) is 0.500. The molecule has 1 aliphatic carbocycles. The van der Waals surface area contributed by atoms with Gasteiger partial charge < -0.3 is 10.3 Å². The lowest BCUT2D eigenvalue weighted by Gasteiger charge is -2.13. The third-order valence-corrected chi connectivity index (χ3v) is 6.02. The standard InChI is InChI=1S/C21H26N6O2S/c1-12(2)10-23-20(29)24-19(28)13(3)30-21-26-25-18(27(21)14-8-9-14)16-11-22-17-7-5-4-6-15(16)17/h4-7,11-14,22H,8-10H2,1-3H3,(H2,23,24,28,29). The predicted octanol–water partition coefficient (Wildman–Crippen LogP) is 3.72. The summed E-state index contributed by atoms with van der Waals surface area (Å²) in [7, 11) is 0. The number of carbonyl (C=O) groups is 2. The second kappa shape index (κ2) is 8.51. The lowest BCUT2D eigenvalue weighted by Crippen LogP contribution is -2.43. The molecule has 2 heterocycles. The lowest BCUT2D eigenvalue weighted by atomic mass is 10.1. The van der Waals surface area contributed by atoms with Crippen LogP contribution in [0.2, 0.25) is 0 Å². The molecule has 4 rings (SSSR count). The molecule has 1 aromatic carbocycles. The summed E-state index contributed by atoms with van der Waals surface area (Å²) in [5.74, 6) is 0.776. The van der Waals surface area contributed by atoms with Crippen LogP contribution in [0.3, 0.4) is 0 Å². The maximum atomic E-state index is 12.5. The van der Waals surface area contributed by atoms with E-state index in [2.05, 4.69) is 36.4 Å². The number of nitrogens with zero attached hydrogens (tertiary/aromatic N) is 3. The number of nitrogens with one attached hydrogen (secondary N) is 3. The van der Waals surface area contributed by atoms with Gasteiger partial charge in [-0.2, -0.15) is 0 Å². The van der Waals surface area contributed by atoms with Crippen molar-refractivity contribution in [3.05, 3.63) is 30.5 Å². The Bertz CT molecular complexity index is 1070. The molecule has 2 aromatic heterocycles. The molecule has 0 bridgehead atoms. The number of hydrogen-bond donors (Lipinski definition) is 3. The van der Waals surface area contributed by atoms with Crippen molar-refractivity contribution in [3.8, 4) is 11.4 Å². The lowest BCUT2D eigenvalue weighted by molar-refractivity contribution is -0.119. The van der Waals surface area contributed by atoms with Crippen molar-refractivity contribution >= 4 is 34.6 Å². The molecule has 3 amide bonds. The Labute approximate surface area is 179 Å². The van der Waals surface area contributed by atoms with Gasteiger partial charge in [0.1, 0.15) is 0 Å². The molecule has 3 aromatic rings. The number of amides is 3. The number of thioether (sulfide) groups is 1. The van der Waals surface area contributed by atoms with Gasteiger partial charge in [-0.1, -0.05) is 43.8 Å². The fraction of sp³-hybridized carbons (Fsp3) is 0.429. The number of benzene rings is 1. The van der Waals surface area contributed by atoms with Crippen LogP contribution in [0.4, 0.5) is 4.79 Å². The van der Waals surface area contributed by atoms with Gasteiger partial charge in [0.2, 0.25) is 5.91 Å². The van der Waals surface area contributed by atoms with Crippen LogP contribution in [-0.4, -0.2) is 43.5 Å². The van der Waals surface area contributed by atoms with Crippen LogP contribution < -0.4 is 10.6 Å². The summed E-state index contributed by atoms with van der Waals surface area (Å²) in [5.41, 5.74) is 2.05. The number of aromatic nitrogens is 4. The van der Waals surface area contributed by atoms with Crippen molar-refractivity contribution in [1.82, 2.24) is 30.4 Å². The molecule has 3 N–H and O–H groups in total. The van der Waals surface area contributed by atoms with Gasteiger partial charge in [-0.25, -0.2) is 4.79 Å². The number of fused-ring (bicyclic) bond motifs is 1. The summed E-state index contributed by atoms with van der Waals surface area (Å²) < 4.78 is 2.13. The zero-order valence-electron chi connectivity index (χ0n) is 17.3. The van der Waals surface area contributed by atoms with Crippen molar-refractivity contribution in [2.24, 2.45) is 5.92 Å². The molecule has 158 valence electrons. The van der Waals surface area contributed by atoms with E-state index >= 15 is 0 Å². The highest BCUT2D eigenvalue weighted by molar-refractivity contribution is 8.00. The summed E-state index contributed by atoms with van der Waals surface area (Å²) in [4.78, 5) is 27.6. The van der Waals surface area contributed by atoms with Gasteiger partial charge in [-0.05, 0) is 31.7 Å². The van der Waals surface area contributed by atoms with Gasteiger partial charge in [0.25, 0.3) is 0 Å². The number of aromatic amines is 1. The molecule has 9 heteroatoms. The Morgan fingerprint density at radius 3 is 2.73 bits per heavy atom. The Morgan fingerprint density at radius 1 is 1.23 bits per heavy atom. The van der Waals surface area contributed by atoms with Crippen LogP contribution in [0, 0.1) is 5.92 Å². The first-order valence-electron chi connectivity index (χ1n) is 10.2. The Hall–Kier alpha value is -2.81. The smallest absolute Gasteiger partial charge is 0.321 e. The van der Waals surface area contributed by atoms with Crippen LogP contribution in [-0.2, 0) is 4.79 Å². The Kier molecular flexibility index (Phi) is 5.80. The van der Waals surface area contributed by atoms with E-state index < -0.39 is 11.3 Å². The first-order valence-corrected chi connectivity index (χ1v) is 11.1. The van der Waals surface area contributed by atoms with E-state index in [9.17, 15) is 9.59 Å². The first kappa shape index (κ1) is 20.5. The molecular weight excluding hydrogens is 400 g/mol. The highest BCUT2D eigenvalue weighted by atomic mass is 32.2. The zero-order valence-corrected chi connectivity index (χ0v) is 18.1. The van der Waals surface area contributed by atoms with Crippen LogP contribution in [0.1, 0.15) is 39.7 Å². The van der Waals surface area contributed by atoms with E-state index in [0.717, 1.165) is 35.1 Å². The second-order valence-corrected chi connectivity index (χ2v) is 9.32. The summed E-state index contributed by atoms with van der Waals surface area (Å²) in [6.45, 7) is 6.28. The molecule has 1 atom stereocenters. The molecular formula is C21H26N6O2S. The summed E-state index contributed by atoms with van der Waals surface area (Å²) in [5, 5.41) is 15.2. The Balaban J connectivity index is 1.51. The van der Waals surface area contributed by atoms with Gasteiger partial charge in [0, 0.05) is 35.2 Å². The predicted molar refractivity (Wildman–Crippen MR) is 117 cm³/mol. The average molecular weight is 427 g/mol. The third-order valence-electron chi connectivity index (χ3n) is 4.97. The topological polar surface area (TPSA) is 105 Å². The van der Waals surface area contributed by atoms with Crippen molar-refractivity contribution in [2.75, 3.05) is 6.54 Å². The van der Waals surface area contributed by atoms with Crippen LogP contribution >= 0.6 is 11.8 Å². The van der Waals surface area contributed by atoms with Crippen LogP contribution in [0.5, 0.6) is 0 Å². The van der Waals surface area contributed by atoms with Crippen LogP contribution in [0.15, 0.2) is 35.6 Å². The van der Waals surface area contributed by atoms with E-state index in [1.807, 2.05) is 38.2 Å². The van der Waals surface area contributed by atoms with E-state index in [0.29, 0.717) is 23.7 Å². The largest absolute Gasteiger partial charge is 0.360 e. The van der Waals surface area contributed by atoms with Crippen molar-refractivity contribution in [3.63, 3.8) is 0 Å².